The fraction of sp³-hybridized carbons (Fsp3) is 0.600. The second-order valence-electron chi connectivity index (χ2n) is 5.18. The molecule has 2 heterocycles. The van der Waals surface area contributed by atoms with Crippen molar-refractivity contribution in [3.8, 4) is 11.5 Å². The predicted octanol–water partition coefficient (Wildman–Crippen LogP) is 2.54. The fourth-order valence-corrected chi connectivity index (χ4v) is 2.25. The molecular weight excluding hydrogens is 270 g/mol. The predicted molar refractivity (Wildman–Crippen MR) is 78.7 cm³/mol. The van der Waals surface area contributed by atoms with Crippen molar-refractivity contribution in [2.45, 2.75) is 40.2 Å². The monoisotopic (exact) mass is 293 g/mol. The number of aromatic nitrogens is 2. The van der Waals surface area contributed by atoms with Gasteiger partial charge in [0, 0.05) is 6.54 Å². The maximum atomic E-state index is 9.12. The minimum Gasteiger partial charge on any atom is -0.466 e. The molecule has 6 nitrogen and oxygen atoms in total. The number of aliphatic hydroxyl groups is 1. The Morgan fingerprint density at radius 1 is 1.19 bits per heavy atom. The summed E-state index contributed by atoms with van der Waals surface area (Å²) in [5, 5.41) is 17.3. The Morgan fingerprint density at radius 2 is 2.00 bits per heavy atom. The van der Waals surface area contributed by atoms with Crippen LogP contribution in [0.4, 0.5) is 0 Å². The largest absolute Gasteiger partial charge is 0.466 e. The van der Waals surface area contributed by atoms with E-state index in [4.69, 9.17) is 13.9 Å². The van der Waals surface area contributed by atoms with E-state index in [1.807, 2.05) is 19.9 Å². The molecule has 0 saturated heterocycles. The normalized spacial score (nSPS) is 11.5. The van der Waals surface area contributed by atoms with Gasteiger partial charge >= 0.3 is 0 Å². The zero-order chi connectivity index (χ0) is 15.2. The van der Waals surface area contributed by atoms with Crippen LogP contribution in [0.5, 0.6) is 0 Å². The summed E-state index contributed by atoms with van der Waals surface area (Å²) in [6.45, 7) is 8.13. The molecule has 0 spiro atoms. The van der Waals surface area contributed by atoms with Gasteiger partial charge in [-0.3, -0.25) is 4.90 Å². The van der Waals surface area contributed by atoms with Crippen LogP contribution in [0.2, 0.25) is 0 Å². The van der Waals surface area contributed by atoms with Crippen LogP contribution in [0, 0.1) is 13.8 Å². The number of rotatable bonds is 8. The van der Waals surface area contributed by atoms with E-state index < -0.39 is 0 Å². The lowest BCUT2D eigenvalue weighted by atomic mass is 10.2. The maximum absolute atomic E-state index is 9.12. The van der Waals surface area contributed by atoms with Gasteiger partial charge in [-0.15, -0.1) is 10.2 Å². The van der Waals surface area contributed by atoms with Gasteiger partial charge in [0.2, 0.25) is 5.89 Å². The summed E-state index contributed by atoms with van der Waals surface area (Å²) in [7, 11) is 0. The molecule has 21 heavy (non-hydrogen) atoms. The van der Waals surface area contributed by atoms with E-state index in [0.717, 1.165) is 36.5 Å². The second kappa shape index (κ2) is 7.38. The molecular formula is C15H23N3O3. The third-order valence-electron chi connectivity index (χ3n) is 3.34. The van der Waals surface area contributed by atoms with Crippen molar-refractivity contribution >= 4 is 0 Å². The molecule has 0 aromatic carbocycles. The highest BCUT2D eigenvalue weighted by atomic mass is 16.4. The highest BCUT2D eigenvalue weighted by Crippen LogP contribution is 2.25. The highest BCUT2D eigenvalue weighted by molar-refractivity contribution is 5.55. The summed E-state index contributed by atoms with van der Waals surface area (Å²) in [6.07, 6.45) is 2.20. The summed E-state index contributed by atoms with van der Waals surface area (Å²) in [6, 6.07) is 1.90. The maximum Gasteiger partial charge on any atom is 0.251 e. The molecule has 0 radical (unpaired) electrons. The molecule has 0 aliphatic heterocycles. The first-order valence-corrected chi connectivity index (χ1v) is 7.37. The number of hydrogen-bond acceptors (Lipinski definition) is 6. The van der Waals surface area contributed by atoms with Gasteiger partial charge in [-0.05, 0) is 32.9 Å². The van der Waals surface area contributed by atoms with Crippen molar-refractivity contribution in [2.75, 3.05) is 19.7 Å². The average Bonchev–Trinajstić information content (AvgIpc) is 3.02. The van der Waals surface area contributed by atoms with Crippen LogP contribution in [0.15, 0.2) is 14.9 Å². The number of furan rings is 1. The molecule has 6 heteroatoms. The Morgan fingerprint density at radius 3 is 2.62 bits per heavy atom. The molecule has 0 bridgehead atoms. The summed E-state index contributed by atoms with van der Waals surface area (Å²) in [5.41, 5.74) is 0.841. The smallest absolute Gasteiger partial charge is 0.251 e. The van der Waals surface area contributed by atoms with E-state index in [-0.39, 0.29) is 6.61 Å². The van der Waals surface area contributed by atoms with Crippen molar-refractivity contribution < 1.29 is 13.9 Å². The first-order valence-electron chi connectivity index (χ1n) is 7.37. The minimum absolute atomic E-state index is 0.130. The van der Waals surface area contributed by atoms with Crippen LogP contribution >= 0.6 is 0 Å². The van der Waals surface area contributed by atoms with Crippen LogP contribution < -0.4 is 0 Å². The molecule has 0 aliphatic rings. The van der Waals surface area contributed by atoms with Crippen molar-refractivity contribution in [3.63, 3.8) is 0 Å². The van der Waals surface area contributed by atoms with Crippen molar-refractivity contribution in [3.05, 3.63) is 23.5 Å². The Bertz CT molecular complexity index is 562. The number of aliphatic hydroxyl groups excluding tert-OH is 1. The van der Waals surface area contributed by atoms with Gasteiger partial charge in [-0.2, -0.15) is 0 Å². The first kappa shape index (κ1) is 15.7. The van der Waals surface area contributed by atoms with Gasteiger partial charge in [0.25, 0.3) is 5.89 Å². The van der Waals surface area contributed by atoms with Gasteiger partial charge < -0.3 is 13.9 Å². The lowest BCUT2D eigenvalue weighted by Gasteiger charge is -2.18. The molecule has 0 aliphatic carbocycles. The van der Waals surface area contributed by atoms with Crippen LogP contribution in [-0.4, -0.2) is 39.9 Å². The van der Waals surface area contributed by atoms with Crippen LogP contribution in [-0.2, 0) is 6.54 Å². The molecule has 0 saturated carbocycles. The molecule has 2 rings (SSSR count). The fourth-order valence-electron chi connectivity index (χ4n) is 2.25. The summed E-state index contributed by atoms with van der Waals surface area (Å²) in [5.74, 6) is 2.65. The Balaban J connectivity index is 2.06. The average molecular weight is 293 g/mol. The first-order chi connectivity index (χ1) is 10.1. The van der Waals surface area contributed by atoms with E-state index in [9.17, 15) is 0 Å². The lowest BCUT2D eigenvalue weighted by Crippen LogP contribution is -2.27. The summed E-state index contributed by atoms with van der Waals surface area (Å²) in [4.78, 5) is 2.12. The molecule has 0 fully saturated rings. The summed E-state index contributed by atoms with van der Waals surface area (Å²) >= 11 is 0. The Hall–Kier alpha value is -1.66. The SMILES string of the molecule is CCCCN(CCO)Cc1nnc(-c2cc(C)oc2C)o1. The molecule has 2 aromatic heterocycles. The highest BCUT2D eigenvalue weighted by Gasteiger charge is 2.16. The third-order valence-corrected chi connectivity index (χ3v) is 3.34. The minimum atomic E-state index is 0.130. The molecule has 0 amide bonds. The Kier molecular flexibility index (Phi) is 5.52. The van der Waals surface area contributed by atoms with Crippen LogP contribution in [0.3, 0.4) is 0 Å². The van der Waals surface area contributed by atoms with Crippen molar-refractivity contribution in [1.29, 1.82) is 0 Å². The van der Waals surface area contributed by atoms with E-state index in [1.165, 1.54) is 0 Å². The molecule has 1 N–H and O–H groups in total. The number of unbranched alkanes of at least 4 members (excludes halogenated alkanes) is 1. The quantitative estimate of drug-likeness (QED) is 0.806. The topological polar surface area (TPSA) is 75.5 Å². The molecule has 116 valence electrons. The van der Waals surface area contributed by atoms with Gasteiger partial charge in [-0.25, -0.2) is 0 Å². The van der Waals surface area contributed by atoms with E-state index in [0.29, 0.717) is 24.9 Å². The van der Waals surface area contributed by atoms with E-state index >= 15 is 0 Å². The number of hydrogen-bond donors (Lipinski definition) is 1. The van der Waals surface area contributed by atoms with Crippen molar-refractivity contribution in [1.82, 2.24) is 15.1 Å². The standard InChI is InChI=1S/C15H23N3O3/c1-4-5-6-18(7-8-19)10-14-16-17-15(21-14)13-9-11(2)20-12(13)3/h9,19H,4-8,10H2,1-3H3. The number of aryl methyl sites for hydroxylation is 2. The van der Waals surface area contributed by atoms with Gasteiger partial charge in [-0.1, -0.05) is 13.3 Å². The van der Waals surface area contributed by atoms with E-state index in [1.54, 1.807) is 0 Å². The van der Waals surface area contributed by atoms with Crippen LogP contribution in [0.25, 0.3) is 11.5 Å². The van der Waals surface area contributed by atoms with Crippen molar-refractivity contribution in [2.24, 2.45) is 0 Å². The molecule has 0 atom stereocenters. The molecule has 0 unspecified atom stereocenters. The second-order valence-corrected chi connectivity index (χ2v) is 5.18. The zero-order valence-electron chi connectivity index (χ0n) is 12.9. The van der Waals surface area contributed by atoms with Crippen LogP contribution in [0.1, 0.15) is 37.2 Å². The van der Waals surface area contributed by atoms with Gasteiger partial charge in [0.15, 0.2) is 0 Å². The number of nitrogens with zero attached hydrogens (tertiary/aromatic N) is 3. The van der Waals surface area contributed by atoms with Gasteiger partial charge in [0.1, 0.15) is 11.5 Å². The molecule has 2 aromatic rings. The van der Waals surface area contributed by atoms with Gasteiger partial charge in [0.05, 0.1) is 18.7 Å². The zero-order valence-corrected chi connectivity index (χ0v) is 12.9. The lowest BCUT2D eigenvalue weighted by molar-refractivity contribution is 0.177. The Labute approximate surface area is 124 Å². The van der Waals surface area contributed by atoms with E-state index in [2.05, 4.69) is 22.0 Å². The third kappa shape index (κ3) is 4.15. The summed E-state index contributed by atoms with van der Waals surface area (Å²) < 4.78 is 11.2.